The Morgan fingerprint density at radius 2 is 2.04 bits per heavy atom. The van der Waals surface area contributed by atoms with Crippen LogP contribution < -0.4 is 11.1 Å². The van der Waals surface area contributed by atoms with Crippen LogP contribution in [0.5, 0.6) is 0 Å². The Balaban J connectivity index is 2.14. The standard InChI is InChI=1S/C19H27N3O4/c1-19(2,3)26-16(23)9-8-15(17(20)24)22-11-14-12(10-21-4)6-5-7-13(14)18(22)25/h5-7,15,21H,8-11H2,1-4H3,(H2,20,24). The number of carbonyl (C=O) groups excluding carboxylic acids is 3. The van der Waals surface area contributed by atoms with Crippen molar-refractivity contribution in [3.63, 3.8) is 0 Å². The molecule has 1 heterocycles. The summed E-state index contributed by atoms with van der Waals surface area (Å²) in [7, 11) is 1.83. The molecule has 2 rings (SSSR count). The second-order valence-electron chi connectivity index (χ2n) is 7.45. The molecule has 7 nitrogen and oxygen atoms in total. The van der Waals surface area contributed by atoms with Gasteiger partial charge in [-0.05, 0) is 51.4 Å². The number of hydrogen-bond donors (Lipinski definition) is 2. The van der Waals surface area contributed by atoms with Crippen molar-refractivity contribution in [1.82, 2.24) is 10.2 Å². The lowest BCUT2D eigenvalue weighted by Crippen LogP contribution is -2.45. The van der Waals surface area contributed by atoms with Gasteiger partial charge in [0.15, 0.2) is 0 Å². The normalized spacial score (nSPS) is 14.9. The summed E-state index contributed by atoms with van der Waals surface area (Å²) < 4.78 is 5.27. The number of nitrogens with one attached hydrogen (secondary N) is 1. The molecule has 1 aromatic carbocycles. The number of benzene rings is 1. The van der Waals surface area contributed by atoms with Crippen LogP contribution in [0.15, 0.2) is 18.2 Å². The highest BCUT2D eigenvalue weighted by atomic mass is 16.6. The van der Waals surface area contributed by atoms with Gasteiger partial charge in [-0.1, -0.05) is 12.1 Å². The summed E-state index contributed by atoms with van der Waals surface area (Å²) >= 11 is 0. The largest absolute Gasteiger partial charge is 0.460 e. The first-order chi connectivity index (χ1) is 12.1. The number of carbonyl (C=O) groups is 3. The Morgan fingerprint density at radius 1 is 1.35 bits per heavy atom. The second-order valence-corrected chi connectivity index (χ2v) is 7.45. The van der Waals surface area contributed by atoms with Gasteiger partial charge in [-0.3, -0.25) is 14.4 Å². The number of ether oxygens (including phenoxy) is 1. The molecule has 0 saturated heterocycles. The van der Waals surface area contributed by atoms with Gasteiger partial charge in [-0.15, -0.1) is 0 Å². The Bertz CT molecular complexity index is 709. The predicted molar refractivity (Wildman–Crippen MR) is 97.1 cm³/mol. The van der Waals surface area contributed by atoms with Gasteiger partial charge in [0.1, 0.15) is 11.6 Å². The minimum atomic E-state index is -0.843. The van der Waals surface area contributed by atoms with Crippen LogP contribution in [-0.4, -0.2) is 41.4 Å². The molecule has 0 fully saturated rings. The summed E-state index contributed by atoms with van der Waals surface area (Å²) in [6.07, 6.45) is 0.166. The van der Waals surface area contributed by atoms with Crippen molar-refractivity contribution >= 4 is 17.8 Å². The highest BCUT2D eigenvalue weighted by Crippen LogP contribution is 2.29. The molecular formula is C19H27N3O4. The van der Waals surface area contributed by atoms with Crippen LogP contribution in [0.4, 0.5) is 0 Å². The molecule has 0 aromatic heterocycles. The highest BCUT2D eigenvalue weighted by Gasteiger charge is 2.36. The molecule has 0 bridgehead atoms. The van der Waals surface area contributed by atoms with Crippen molar-refractivity contribution in [2.75, 3.05) is 7.05 Å². The number of amides is 2. The maximum Gasteiger partial charge on any atom is 0.306 e. The number of hydrogen-bond acceptors (Lipinski definition) is 5. The van der Waals surface area contributed by atoms with Crippen LogP contribution in [0.25, 0.3) is 0 Å². The van der Waals surface area contributed by atoms with E-state index in [4.69, 9.17) is 10.5 Å². The zero-order valence-corrected chi connectivity index (χ0v) is 15.8. The third kappa shape index (κ3) is 4.60. The lowest BCUT2D eigenvalue weighted by Gasteiger charge is -2.26. The van der Waals surface area contributed by atoms with E-state index in [0.29, 0.717) is 18.7 Å². The fourth-order valence-electron chi connectivity index (χ4n) is 3.13. The van der Waals surface area contributed by atoms with E-state index in [0.717, 1.165) is 11.1 Å². The topological polar surface area (TPSA) is 102 Å². The first-order valence-corrected chi connectivity index (χ1v) is 8.71. The van der Waals surface area contributed by atoms with E-state index >= 15 is 0 Å². The molecule has 0 aliphatic carbocycles. The van der Waals surface area contributed by atoms with E-state index in [9.17, 15) is 14.4 Å². The zero-order chi connectivity index (χ0) is 19.5. The maximum absolute atomic E-state index is 12.8. The van der Waals surface area contributed by atoms with Gasteiger partial charge in [0.05, 0.1) is 0 Å². The maximum atomic E-state index is 12.8. The Morgan fingerprint density at radius 3 is 2.62 bits per heavy atom. The van der Waals surface area contributed by atoms with Gasteiger partial charge >= 0.3 is 5.97 Å². The third-order valence-corrected chi connectivity index (χ3v) is 4.21. The summed E-state index contributed by atoms with van der Waals surface area (Å²) in [6.45, 7) is 6.28. The Hall–Kier alpha value is -2.41. The molecular weight excluding hydrogens is 334 g/mol. The van der Waals surface area contributed by atoms with Crippen molar-refractivity contribution in [3.8, 4) is 0 Å². The first-order valence-electron chi connectivity index (χ1n) is 8.71. The fraction of sp³-hybridized carbons (Fsp3) is 0.526. The van der Waals surface area contributed by atoms with Crippen LogP contribution >= 0.6 is 0 Å². The second kappa shape index (κ2) is 7.86. The Labute approximate surface area is 153 Å². The molecule has 2 amide bonds. The molecule has 0 saturated carbocycles. The monoisotopic (exact) mass is 361 g/mol. The van der Waals surface area contributed by atoms with E-state index < -0.39 is 23.5 Å². The molecule has 1 aromatic rings. The SMILES string of the molecule is CNCc1cccc2c1CN(C(CCC(=O)OC(C)(C)C)C(N)=O)C2=O. The highest BCUT2D eigenvalue weighted by molar-refractivity contribution is 6.01. The molecule has 26 heavy (non-hydrogen) atoms. The third-order valence-electron chi connectivity index (χ3n) is 4.21. The van der Waals surface area contributed by atoms with Gasteiger partial charge in [-0.2, -0.15) is 0 Å². The number of fused-ring (bicyclic) bond motifs is 1. The van der Waals surface area contributed by atoms with Gasteiger partial charge < -0.3 is 20.7 Å². The molecule has 1 unspecified atom stereocenters. The van der Waals surface area contributed by atoms with Crippen LogP contribution in [0.1, 0.15) is 55.1 Å². The molecule has 1 aliphatic rings. The number of esters is 1. The lowest BCUT2D eigenvalue weighted by atomic mass is 10.0. The molecule has 3 N–H and O–H groups in total. The predicted octanol–water partition coefficient (Wildman–Crippen LogP) is 1.34. The summed E-state index contributed by atoms with van der Waals surface area (Å²) in [5.41, 5.74) is 7.42. The first kappa shape index (κ1) is 19.9. The van der Waals surface area contributed by atoms with Crippen LogP contribution in [0.2, 0.25) is 0 Å². The van der Waals surface area contributed by atoms with Gasteiger partial charge in [-0.25, -0.2) is 0 Å². The van der Waals surface area contributed by atoms with Crippen molar-refractivity contribution in [2.24, 2.45) is 5.73 Å². The molecule has 1 atom stereocenters. The van der Waals surface area contributed by atoms with E-state index in [2.05, 4.69) is 5.32 Å². The number of nitrogens with zero attached hydrogens (tertiary/aromatic N) is 1. The van der Waals surface area contributed by atoms with Gasteiger partial charge in [0.25, 0.3) is 5.91 Å². The fourth-order valence-corrected chi connectivity index (χ4v) is 3.13. The van der Waals surface area contributed by atoms with E-state index in [1.165, 1.54) is 4.90 Å². The van der Waals surface area contributed by atoms with Crippen molar-refractivity contribution in [1.29, 1.82) is 0 Å². The van der Waals surface area contributed by atoms with Crippen molar-refractivity contribution in [3.05, 3.63) is 34.9 Å². The summed E-state index contributed by atoms with van der Waals surface area (Å²) in [6, 6.07) is 4.69. The number of primary amides is 1. The quantitative estimate of drug-likeness (QED) is 0.714. The van der Waals surface area contributed by atoms with Crippen LogP contribution in [-0.2, 0) is 27.4 Å². The van der Waals surface area contributed by atoms with Crippen LogP contribution in [0, 0.1) is 0 Å². The zero-order valence-electron chi connectivity index (χ0n) is 15.8. The van der Waals surface area contributed by atoms with Crippen molar-refractivity contribution in [2.45, 2.75) is 58.3 Å². The van der Waals surface area contributed by atoms with Crippen LogP contribution in [0.3, 0.4) is 0 Å². The summed E-state index contributed by atoms with van der Waals surface area (Å²) in [5.74, 6) is -1.26. The summed E-state index contributed by atoms with van der Waals surface area (Å²) in [5, 5.41) is 3.07. The molecule has 0 spiro atoms. The van der Waals surface area contributed by atoms with E-state index in [-0.39, 0.29) is 18.7 Å². The minimum Gasteiger partial charge on any atom is -0.460 e. The average molecular weight is 361 g/mol. The van der Waals surface area contributed by atoms with E-state index in [1.54, 1.807) is 26.8 Å². The lowest BCUT2D eigenvalue weighted by molar-refractivity contribution is -0.155. The average Bonchev–Trinajstić information content (AvgIpc) is 2.84. The summed E-state index contributed by atoms with van der Waals surface area (Å²) in [4.78, 5) is 38.1. The molecule has 7 heteroatoms. The smallest absolute Gasteiger partial charge is 0.306 e. The van der Waals surface area contributed by atoms with E-state index in [1.807, 2.05) is 19.2 Å². The minimum absolute atomic E-state index is 0.0222. The molecule has 0 radical (unpaired) electrons. The number of rotatable bonds is 7. The van der Waals surface area contributed by atoms with Gasteiger partial charge in [0, 0.05) is 25.1 Å². The number of nitrogens with two attached hydrogens (primary N) is 1. The van der Waals surface area contributed by atoms with Crippen molar-refractivity contribution < 1.29 is 19.1 Å². The molecule has 142 valence electrons. The Kier molecular flexibility index (Phi) is 6.02. The van der Waals surface area contributed by atoms with Gasteiger partial charge in [0.2, 0.25) is 5.91 Å². The molecule has 1 aliphatic heterocycles.